The van der Waals surface area contributed by atoms with E-state index in [1.165, 1.54) is 25.3 Å². The summed E-state index contributed by atoms with van der Waals surface area (Å²) in [4.78, 5) is 11.1. The van der Waals surface area contributed by atoms with Gasteiger partial charge in [-0.1, -0.05) is 11.6 Å². The van der Waals surface area contributed by atoms with Gasteiger partial charge in [-0.3, -0.25) is 4.79 Å². The predicted octanol–water partition coefficient (Wildman–Crippen LogP) is 0.905. The Labute approximate surface area is 122 Å². The molecule has 1 atom stereocenters. The minimum atomic E-state index is -3.65. The molecule has 0 aromatic heterocycles. The molecule has 1 aliphatic heterocycles. The molecule has 0 bridgehead atoms. The maximum atomic E-state index is 12.1. The average Bonchev–Trinajstić information content (AvgIpc) is 2.82. The van der Waals surface area contributed by atoms with Crippen molar-refractivity contribution in [2.45, 2.75) is 23.8 Å². The molecule has 0 aliphatic carbocycles. The first-order chi connectivity index (χ1) is 9.42. The molecule has 1 saturated heterocycles. The molecule has 6 nitrogen and oxygen atoms in total. The van der Waals surface area contributed by atoms with E-state index in [4.69, 9.17) is 16.3 Å². The van der Waals surface area contributed by atoms with E-state index in [0.717, 1.165) is 0 Å². The molecular formula is C12H15ClN2O4S. The number of hydrogen-bond donors (Lipinski definition) is 2. The molecular weight excluding hydrogens is 304 g/mol. The SMILES string of the molecule is COc1ccc(S(=O)(=O)NCC2CCC(=O)N2)cc1Cl. The van der Waals surface area contributed by atoms with E-state index < -0.39 is 10.0 Å². The van der Waals surface area contributed by atoms with Gasteiger partial charge in [0.25, 0.3) is 0 Å². The van der Waals surface area contributed by atoms with Crippen molar-refractivity contribution in [2.24, 2.45) is 0 Å². The van der Waals surface area contributed by atoms with Crippen LogP contribution in [0.4, 0.5) is 0 Å². The molecule has 0 saturated carbocycles. The number of methoxy groups -OCH3 is 1. The van der Waals surface area contributed by atoms with Gasteiger partial charge in [0.15, 0.2) is 0 Å². The summed E-state index contributed by atoms with van der Waals surface area (Å²) < 4.78 is 31.6. The number of ether oxygens (including phenoxy) is 1. The number of rotatable bonds is 5. The summed E-state index contributed by atoms with van der Waals surface area (Å²) in [5.74, 6) is 0.357. The quantitative estimate of drug-likeness (QED) is 0.845. The van der Waals surface area contributed by atoms with Crippen molar-refractivity contribution in [3.05, 3.63) is 23.2 Å². The number of hydrogen-bond acceptors (Lipinski definition) is 4. The number of sulfonamides is 1. The zero-order valence-electron chi connectivity index (χ0n) is 10.8. The summed E-state index contributed by atoms with van der Waals surface area (Å²) in [6, 6.07) is 4.08. The normalized spacial score (nSPS) is 18.9. The van der Waals surface area contributed by atoms with Crippen LogP contribution < -0.4 is 14.8 Å². The first-order valence-corrected chi connectivity index (χ1v) is 7.91. The lowest BCUT2D eigenvalue weighted by Gasteiger charge is -2.12. The van der Waals surface area contributed by atoms with E-state index in [1.54, 1.807) is 0 Å². The largest absolute Gasteiger partial charge is 0.495 e. The van der Waals surface area contributed by atoms with Crippen LogP contribution in [0, 0.1) is 0 Å². The van der Waals surface area contributed by atoms with Crippen LogP contribution in [0.15, 0.2) is 23.1 Å². The van der Waals surface area contributed by atoms with Gasteiger partial charge in [0.1, 0.15) is 5.75 Å². The van der Waals surface area contributed by atoms with Crippen molar-refractivity contribution in [3.63, 3.8) is 0 Å². The van der Waals surface area contributed by atoms with Gasteiger partial charge in [0.2, 0.25) is 15.9 Å². The van der Waals surface area contributed by atoms with Crippen molar-refractivity contribution in [1.29, 1.82) is 0 Å². The summed E-state index contributed by atoms with van der Waals surface area (Å²) in [6.07, 6.45) is 1.06. The molecule has 1 heterocycles. The van der Waals surface area contributed by atoms with Crippen molar-refractivity contribution >= 4 is 27.5 Å². The zero-order chi connectivity index (χ0) is 14.8. The highest BCUT2D eigenvalue weighted by atomic mass is 35.5. The van der Waals surface area contributed by atoms with Gasteiger partial charge < -0.3 is 10.1 Å². The van der Waals surface area contributed by atoms with Crippen LogP contribution in [-0.4, -0.2) is 34.0 Å². The Morgan fingerprint density at radius 2 is 2.25 bits per heavy atom. The topological polar surface area (TPSA) is 84.5 Å². The summed E-state index contributed by atoms with van der Waals surface area (Å²) in [5.41, 5.74) is 0. The third-order valence-electron chi connectivity index (χ3n) is 3.04. The van der Waals surface area contributed by atoms with Crippen LogP contribution in [0.5, 0.6) is 5.75 Å². The van der Waals surface area contributed by atoms with Crippen LogP contribution in [0.2, 0.25) is 5.02 Å². The molecule has 2 N–H and O–H groups in total. The third-order valence-corrected chi connectivity index (χ3v) is 4.75. The second kappa shape index (κ2) is 5.99. The molecule has 1 aliphatic rings. The van der Waals surface area contributed by atoms with Crippen molar-refractivity contribution in [2.75, 3.05) is 13.7 Å². The molecule has 1 fully saturated rings. The minimum absolute atomic E-state index is 0.0540. The van der Waals surface area contributed by atoms with Gasteiger partial charge in [-0.05, 0) is 24.6 Å². The van der Waals surface area contributed by atoms with Gasteiger partial charge >= 0.3 is 0 Å². The Kier molecular flexibility index (Phi) is 4.52. The van der Waals surface area contributed by atoms with Crippen LogP contribution >= 0.6 is 11.6 Å². The fourth-order valence-electron chi connectivity index (χ4n) is 1.94. The van der Waals surface area contributed by atoms with Crippen LogP contribution in [0.1, 0.15) is 12.8 Å². The lowest BCUT2D eigenvalue weighted by molar-refractivity contribution is -0.119. The highest BCUT2D eigenvalue weighted by molar-refractivity contribution is 7.89. The Balaban J connectivity index is 2.06. The second-order valence-electron chi connectivity index (χ2n) is 4.45. The number of benzene rings is 1. The van der Waals surface area contributed by atoms with Crippen molar-refractivity contribution < 1.29 is 17.9 Å². The Bertz CT molecular complexity index is 618. The molecule has 1 aromatic rings. The molecule has 1 aromatic carbocycles. The molecule has 20 heavy (non-hydrogen) atoms. The summed E-state index contributed by atoms with van der Waals surface area (Å²) in [7, 11) is -2.20. The Morgan fingerprint density at radius 3 is 2.80 bits per heavy atom. The van der Waals surface area contributed by atoms with Gasteiger partial charge in [-0.2, -0.15) is 0 Å². The lowest BCUT2D eigenvalue weighted by atomic mass is 10.2. The summed E-state index contributed by atoms with van der Waals surface area (Å²) in [5, 5.41) is 2.92. The average molecular weight is 319 g/mol. The molecule has 1 amide bonds. The third kappa shape index (κ3) is 3.41. The maximum absolute atomic E-state index is 12.1. The van der Waals surface area contributed by atoms with Gasteiger partial charge in [-0.15, -0.1) is 0 Å². The Hall–Kier alpha value is -1.31. The molecule has 0 radical (unpaired) electrons. The van der Waals surface area contributed by atoms with Crippen LogP contribution in [-0.2, 0) is 14.8 Å². The molecule has 0 spiro atoms. The number of carbonyl (C=O) groups excluding carboxylic acids is 1. The molecule has 2 rings (SSSR count). The highest BCUT2D eigenvalue weighted by Crippen LogP contribution is 2.26. The molecule has 8 heteroatoms. The van der Waals surface area contributed by atoms with E-state index in [-0.39, 0.29) is 28.4 Å². The predicted molar refractivity (Wildman–Crippen MR) is 74.4 cm³/mol. The molecule has 110 valence electrons. The van der Waals surface area contributed by atoms with E-state index in [0.29, 0.717) is 18.6 Å². The highest BCUT2D eigenvalue weighted by Gasteiger charge is 2.23. The summed E-state index contributed by atoms with van der Waals surface area (Å²) in [6.45, 7) is 0.164. The minimum Gasteiger partial charge on any atom is -0.495 e. The lowest BCUT2D eigenvalue weighted by Crippen LogP contribution is -2.38. The van der Waals surface area contributed by atoms with Crippen LogP contribution in [0.25, 0.3) is 0 Å². The van der Waals surface area contributed by atoms with Gasteiger partial charge in [-0.25, -0.2) is 13.1 Å². The monoisotopic (exact) mass is 318 g/mol. The van der Waals surface area contributed by atoms with Crippen molar-refractivity contribution in [1.82, 2.24) is 10.0 Å². The maximum Gasteiger partial charge on any atom is 0.240 e. The number of amides is 1. The first-order valence-electron chi connectivity index (χ1n) is 6.05. The summed E-state index contributed by atoms with van der Waals surface area (Å²) >= 11 is 5.91. The Morgan fingerprint density at radius 1 is 1.50 bits per heavy atom. The standard InChI is InChI=1S/C12H15ClN2O4S/c1-19-11-4-3-9(6-10(11)13)20(17,18)14-7-8-2-5-12(16)15-8/h3-4,6,8,14H,2,5,7H2,1H3,(H,15,16). The van der Waals surface area contributed by atoms with E-state index in [2.05, 4.69) is 10.0 Å². The van der Waals surface area contributed by atoms with Gasteiger partial charge in [0, 0.05) is 19.0 Å². The number of halogens is 1. The fourth-order valence-corrected chi connectivity index (χ4v) is 3.37. The number of carbonyl (C=O) groups is 1. The van der Waals surface area contributed by atoms with E-state index in [1.807, 2.05) is 0 Å². The van der Waals surface area contributed by atoms with Crippen molar-refractivity contribution in [3.8, 4) is 5.75 Å². The van der Waals surface area contributed by atoms with Gasteiger partial charge in [0.05, 0.1) is 17.0 Å². The first kappa shape index (κ1) is 15.1. The fraction of sp³-hybridized carbons (Fsp3) is 0.417. The second-order valence-corrected chi connectivity index (χ2v) is 6.63. The van der Waals surface area contributed by atoms with E-state index in [9.17, 15) is 13.2 Å². The molecule has 1 unspecified atom stereocenters. The zero-order valence-corrected chi connectivity index (χ0v) is 12.4. The van der Waals surface area contributed by atoms with E-state index >= 15 is 0 Å². The number of nitrogens with one attached hydrogen (secondary N) is 2. The van der Waals surface area contributed by atoms with Crippen LogP contribution in [0.3, 0.4) is 0 Å². The smallest absolute Gasteiger partial charge is 0.240 e.